The summed E-state index contributed by atoms with van der Waals surface area (Å²) in [5.41, 5.74) is 6.92. The van der Waals surface area contributed by atoms with Crippen LogP contribution in [0.1, 0.15) is 23.7 Å². The van der Waals surface area contributed by atoms with Crippen LogP contribution >= 0.6 is 0 Å². The molecule has 4 nitrogen and oxygen atoms in total. The average molecular weight is 195 g/mol. The van der Waals surface area contributed by atoms with Crippen molar-refractivity contribution in [2.24, 2.45) is 5.73 Å². The Balaban J connectivity index is 2.53. The van der Waals surface area contributed by atoms with E-state index in [4.69, 9.17) is 5.73 Å². The van der Waals surface area contributed by atoms with Crippen LogP contribution in [0.5, 0.6) is 11.5 Å². The van der Waals surface area contributed by atoms with Crippen molar-refractivity contribution >= 4 is 0 Å². The summed E-state index contributed by atoms with van der Waals surface area (Å²) < 4.78 is 0. The minimum atomic E-state index is -0.745. The van der Waals surface area contributed by atoms with Crippen molar-refractivity contribution in [2.45, 2.75) is 25.0 Å². The van der Waals surface area contributed by atoms with Crippen LogP contribution < -0.4 is 5.73 Å². The molecule has 1 aromatic carbocycles. The molecular formula is C10H13NO3. The first kappa shape index (κ1) is 9.30. The van der Waals surface area contributed by atoms with Crippen LogP contribution in [0.4, 0.5) is 0 Å². The van der Waals surface area contributed by atoms with Gasteiger partial charge in [-0.2, -0.15) is 0 Å². The fraction of sp³-hybridized carbons (Fsp3) is 0.400. The topological polar surface area (TPSA) is 86.7 Å². The van der Waals surface area contributed by atoms with E-state index in [2.05, 4.69) is 0 Å². The van der Waals surface area contributed by atoms with Gasteiger partial charge in [0.25, 0.3) is 0 Å². The number of hydrogen-bond donors (Lipinski definition) is 4. The van der Waals surface area contributed by atoms with Crippen molar-refractivity contribution in [2.75, 3.05) is 0 Å². The van der Waals surface area contributed by atoms with Gasteiger partial charge >= 0.3 is 0 Å². The summed E-state index contributed by atoms with van der Waals surface area (Å²) in [6, 6.07) is 2.69. The molecule has 14 heavy (non-hydrogen) atoms. The SMILES string of the molecule is NC1CCc2c(ccc(O)c2O)C1O. The van der Waals surface area contributed by atoms with E-state index in [0.717, 1.165) is 0 Å². The maximum absolute atomic E-state index is 9.73. The van der Waals surface area contributed by atoms with E-state index in [1.165, 1.54) is 6.07 Å². The summed E-state index contributed by atoms with van der Waals surface area (Å²) >= 11 is 0. The molecule has 0 radical (unpaired) electrons. The van der Waals surface area contributed by atoms with E-state index in [9.17, 15) is 15.3 Å². The number of aliphatic hydroxyl groups excluding tert-OH is 1. The maximum Gasteiger partial charge on any atom is 0.161 e. The Kier molecular flexibility index (Phi) is 2.09. The van der Waals surface area contributed by atoms with Crippen molar-refractivity contribution in [1.29, 1.82) is 0 Å². The first-order valence-electron chi connectivity index (χ1n) is 4.58. The summed E-state index contributed by atoms with van der Waals surface area (Å²) in [6.07, 6.45) is 0.462. The molecule has 2 rings (SSSR count). The van der Waals surface area contributed by atoms with Gasteiger partial charge in [0.1, 0.15) is 0 Å². The molecule has 5 N–H and O–H groups in total. The molecule has 1 aromatic rings. The number of fused-ring (bicyclic) bond motifs is 1. The van der Waals surface area contributed by atoms with Gasteiger partial charge in [-0.05, 0) is 24.5 Å². The Bertz CT molecular complexity index is 365. The van der Waals surface area contributed by atoms with Crippen LogP contribution in [0.3, 0.4) is 0 Å². The molecule has 0 fully saturated rings. The highest BCUT2D eigenvalue weighted by Gasteiger charge is 2.27. The van der Waals surface area contributed by atoms with Crippen LogP contribution in [0, 0.1) is 0 Å². The molecule has 0 spiro atoms. The Morgan fingerprint density at radius 2 is 2.00 bits per heavy atom. The van der Waals surface area contributed by atoms with E-state index in [1.54, 1.807) is 6.07 Å². The lowest BCUT2D eigenvalue weighted by Gasteiger charge is -2.27. The van der Waals surface area contributed by atoms with Crippen LogP contribution in [-0.4, -0.2) is 21.4 Å². The molecule has 0 bridgehead atoms. The predicted molar refractivity (Wildman–Crippen MR) is 51.0 cm³/mol. The normalized spacial score (nSPS) is 25.9. The third-order valence-electron chi connectivity index (χ3n) is 2.75. The number of nitrogens with two attached hydrogens (primary N) is 1. The minimum absolute atomic E-state index is 0.131. The van der Waals surface area contributed by atoms with E-state index < -0.39 is 6.10 Å². The Morgan fingerprint density at radius 3 is 2.71 bits per heavy atom. The van der Waals surface area contributed by atoms with Crippen molar-refractivity contribution in [1.82, 2.24) is 0 Å². The zero-order valence-corrected chi connectivity index (χ0v) is 7.64. The molecule has 0 heterocycles. The number of benzene rings is 1. The van der Waals surface area contributed by atoms with Gasteiger partial charge < -0.3 is 21.1 Å². The molecule has 76 valence electrons. The van der Waals surface area contributed by atoms with Crippen LogP contribution in [0.25, 0.3) is 0 Å². The molecule has 2 unspecified atom stereocenters. The molecule has 1 aliphatic rings. The second-order valence-corrected chi connectivity index (χ2v) is 3.65. The standard InChI is InChI=1S/C10H13NO3/c11-7-3-1-6-5(9(7)13)2-4-8(12)10(6)14/h2,4,7,9,12-14H,1,3,11H2. The third kappa shape index (κ3) is 1.23. The second-order valence-electron chi connectivity index (χ2n) is 3.65. The predicted octanol–water partition coefficient (Wildman–Crippen LogP) is 0.405. The Morgan fingerprint density at radius 1 is 1.29 bits per heavy atom. The summed E-state index contributed by atoms with van der Waals surface area (Å²) in [5, 5.41) is 28.5. The van der Waals surface area contributed by atoms with Gasteiger partial charge in [0.05, 0.1) is 6.10 Å². The van der Waals surface area contributed by atoms with Crippen molar-refractivity contribution < 1.29 is 15.3 Å². The monoisotopic (exact) mass is 195 g/mol. The summed E-state index contributed by atoms with van der Waals surface area (Å²) in [4.78, 5) is 0. The Labute approximate surface area is 81.6 Å². The van der Waals surface area contributed by atoms with Gasteiger partial charge in [0.15, 0.2) is 11.5 Å². The number of aliphatic hydroxyl groups is 1. The van der Waals surface area contributed by atoms with Gasteiger partial charge in [-0.1, -0.05) is 6.07 Å². The summed E-state index contributed by atoms with van der Waals surface area (Å²) in [7, 11) is 0. The first-order chi connectivity index (χ1) is 6.61. The van der Waals surface area contributed by atoms with Gasteiger partial charge in [-0.3, -0.25) is 0 Å². The highest BCUT2D eigenvalue weighted by atomic mass is 16.3. The molecule has 0 saturated carbocycles. The van der Waals surface area contributed by atoms with Gasteiger partial charge in [0.2, 0.25) is 0 Å². The number of phenolic OH excluding ortho intramolecular Hbond substituents is 2. The molecule has 0 amide bonds. The highest BCUT2D eigenvalue weighted by Crippen LogP contribution is 2.39. The molecule has 0 aromatic heterocycles. The van der Waals surface area contributed by atoms with Crippen molar-refractivity contribution in [3.05, 3.63) is 23.3 Å². The molecule has 4 heteroatoms. The summed E-state index contributed by atoms with van der Waals surface area (Å²) in [6.45, 7) is 0. The molecule has 0 aliphatic heterocycles. The lowest BCUT2D eigenvalue weighted by Crippen LogP contribution is -2.32. The summed E-state index contributed by atoms with van der Waals surface area (Å²) in [5.74, 6) is -0.278. The largest absolute Gasteiger partial charge is 0.504 e. The molecule has 2 atom stereocenters. The van der Waals surface area contributed by atoms with Crippen LogP contribution in [0.2, 0.25) is 0 Å². The number of hydrogen-bond acceptors (Lipinski definition) is 4. The fourth-order valence-electron chi connectivity index (χ4n) is 1.88. The van der Waals surface area contributed by atoms with Crippen molar-refractivity contribution in [3.63, 3.8) is 0 Å². The second kappa shape index (κ2) is 3.15. The zero-order chi connectivity index (χ0) is 10.3. The van der Waals surface area contributed by atoms with Crippen LogP contribution in [0.15, 0.2) is 12.1 Å². The lowest BCUT2D eigenvalue weighted by atomic mass is 9.85. The number of phenols is 2. The molecule has 0 saturated heterocycles. The van der Waals surface area contributed by atoms with E-state index in [1.807, 2.05) is 0 Å². The first-order valence-corrected chi connectivity index (χ1v) is 4.58. The quantitative estimate of drug-likeness (QED) is 0.451. The van der Waals surface area contributed by atoms with Gasteiger partial charge in [-0.15, -0.1) is 0 Å². The fourth-order valence-corrected chi connectivity index (χ4v) is 1.88. The molecule has 1 aliphatic carbocycles. The van der Waals surface area contributed by atoms with Gasteiger partial charge in [0, 0.05) is 11.6 Å². The maximum atomic E-state index is 9.73. The van der Waals surface area contributed by atoms with Crippen LogP contribution in [-0.2, 0) is 6.42 Å². The molecular weight excluding hydrogens is 182 g/mol. The minimum Gasteiger partial charge on any atom is -0.504 e. The van der Waals surface area contributed by atoms with E-state index >= 15 is 0 Å². The Hall–Kier alpha value is -1.26. The third-order valence-corrected chi connectivity index (χ3v) is 2.75. The van der Waals surface area contributed by atoms with Gasteiger partial charge in [-0.25, -0.2) is 0 Å². The number of rotatable bonds is 0. The van der Waals surface area contributed by atoms with E-state index in [0.29, 0.717) is 24.0 Å². The highest BCUT2D eigenvalue weighted by molar-refractivity contribution is 5.51. The van der Waals surface area contributed by atoms with E-state index in [-0.39, 0.29) is 17.5 Å². The lowest BCUT2D eigenvalue weighted by molar-refractivity contribution is 0.133. The number of aromatic hydroxyl groups is 2. The zero-order valence-electron chi connectivity index (χ0n) is 7.64. The van der Waals surface area contributed by atoms with Crippen molar-refractivity contribution in [3.8, 4) is 11.5 Å². The smallest absolute Gasteiger partial charge is 0.161 e. The average Bonchev–Trinajstić information content (AvgIpc) is 2.17.